The summed E-state index contributed by atoms with van der Waals surface area (Å²) in [6.07, 6.45) is 3.57. The maximum absolute atomic E-state index is 14.1. The normalized spacial score (nSPS) is 23.2. The van der Waals surface area contributed by atoms with Crippen LogP contribution in [0.5, 0.6) is 11.5 Å². The second-order valence-corrected chi connectivity index (χ2v) is 12.3. The average molecular weight is 600 g/mol. The van der Waals surface area contributed by atoms with Crippen molar-refractivity contribution in [3.8, 4) is 11.5 Å². The molecule has 2 atom stereocenters. The second-order valence-electron chi connectivity index (χ2n) is 12.3. The number of rotatable bonds is 9. The highest BCUT2D eigenvalue weighted by atomic mass is 16.6. The zero-order valence-corrected chi connectivity index (χ0v) is 26.3. The van der Waals surface area contributed by atoms with Gasteiger partial charge < -0.3 is 33.6 Å². The third-order valence-electron chi connectivity index (χ3n) is 8.85. The third-order valence-corrected chi connectivity index (χ3v) is 8.85. The maximum Gasteiger partial charge on any atom is 0.409 e. The van der Waals surface area contributed by atoms with Crippen LogP contribution in [0.15, 0.2) is 30.0 Å². The van der Waals surface area contributed by atoms with Crippen molar-refractivity contribution < 1.29 is 38.1 Å². The number of carbonyl (C=O) groups excluding carboxylic acids is 4. The SMILES string of the molecule is CCOC(=O)N1CCN(C(=O)C[C@@H]2C[C@@]3(C(=O)OC)CC(C)(C)CC=C3N(CCc3ccc(OC)c(OC)c3)C2=O)CC1. The van der Waals surface area contributed by atoms with Crippen molar-refractivity contribution in [2.75, 3.05) is 60.7 Å². The van der Waals surface area contributed by atoms with Gasteiger partial charge in [0.05, 0.1) is 27.9 Å². The Labute approximate surface area is 254 Å². The summed E-state index contributed by atoms with van der Waals surface area (Å²) < 4.78 is 21.3. The third kappa shape index (κ3) is 6.75. The van der Waals surface area contributed by atoms with Crippen LogP contribution < -0.4 is 9.47 Å². The molecule has 2 heterocycles. The summed E-state index contributed by atoms with van der Waals surface area (Å²) in [5.74, 6) is -0.182. The molecule has 11 nitrogen and oxygen atoms in total. The number of piperidine rings is 1. The van der Waals surface area contributed by atoms with E-state index in [1.807, 2.05) is 24.3 Å². The summed E-state index contributed by atoms with van der Waals surface area (Å²) in [6, 6.07) is 5.64. The van der Waals surface area contributed by atoms with Gasteiger partial charge in [0.15, 0.2) is 11.5 Å². The van der Waals surface area contributed by atoms with Crippen LogP contribution in [-0.4, -0.2) is 99.2 Å². The first-order valence-electron chi connectivity index (χ1n) is 15.0. The van der Waals surface area contributed by atoms with Gasteiger partial charge >= 0.3 is 12.1 Å². The number of hydrogen-bond acceptors (Lipinski definition) is 8. The second kappa shape index (κ2) is 13.3. The summed E-state index contributed by atoms with van der Waals surface area (Å²) in [5, 5.41) is 0. The van der Waals surface area contributed by atoms with E-state index in [2.05, 4.69) is 13.8 Å². The van der Waals surface area contributed by atoms with Crippen molar-refractivity contribution in [2.24, 2.45) is 16.7 Å². The fourth-order valence-electron chi connectivity index (χ4n) is 6.76. The number of esters is 1. The summed E-state index contributed by atoms with van der Waals surface area (Å²) in [4.78, 5) is 58.3. The van der Waals surface area contributed by atoms with Gasteiger partial charge in [-0.2, -0.15) is 0 Å². The number of fused-ring (bicyclic) bond motifs is 1. The van der Waals surface area contributed by atoms with Crippen LogP contribution in [0.1, 0.15) is 52.0 Å². The monoisotopic (exact) mass is 599 g/mol. The van der Waals surface area contributed by atoms with Gasteiger partial charge in [-0.3, -0.25) is 14.4 Å². The number of methoxy groups -OCH3 is 3. The first-order chi connectivity index (χ1) is 20.5. The van der Waals surface area contributed by atoms with Crippen molar-refractivity contribution in [1.82, 2.24) is 14.7 Å². The number of carbonyl (C=O) groups is 4. The van der Waals surface area contributed by atoms with Crippen molar-refractivity contribution in [3.05, 3.63) is 35.5 Å². The summed E-state index contributed by atoms with van der Waals surface area (Å²) in [7, 11) is 4.53. The Morgan fingerprint density at radius 2 is 1.65 bits per heavy atom. The number of nitrogens with zero attached hydrogens (tertiary/aromatic N) is 3. The Hall–Kier alpha value is -3.76. The van der Waals surface area contributed by atoms with Crippen molar-refractivity contribution in [1.29, 1.82) is 0 Å². The molecule has 2 aliphatic heterocycles. The molecular formula is C32H45N3O8. The van der Waals surface area contributed by atoms with E-state index in [0.29, 0.717) is 69.4 Å². The number of amides is 3. The molecule has 3 aliphatic rings. The van der Waals surface area contributed by atoms with Crippen molar-refractivity contribution >= 4 is 23.9 Å². The largest absolute Gasteiger partial charge is 0.493 e. The molecule has 1 aromatic carbocycles. The molecule has 4 rings (SSSR count). The van der Waals surface area contributed by atoms with Gasteiger partial charge in [0.2, 0.25) is 11.8 Å². The molecule has 236 valence electrons. The van der Waals surface area contributed by atoms with Crippen molar-refractivity contribution in [2.45, 2.75) is 52.9 Å². The molecule has 0 unspecified atom stereocenters. The van der Waals surface area contributed by atoms with E-state index in [1.165, 1.54) is 7.11 Å². The van der Waals surface area contributed by atoms with Crippen LogP contribution in [0.3, 0.4) is 0 Å². The Balaban J connectivity index is 1.58. The first-order valence-corrected chi connectivity index (χ1v) is 15.0. The van der Waals surface area contributed by atoms with Gasteiger partial charge in [-0.05, 0) is 55.7 Å². The standard InChI is InChI=1S/C32H45N3O8/c1-7-43-30(39)34-16-14-33(15-17-34)27(36)19-23-20-32(29(38)42-6)21-31(2,3)12-10-26(32)35(28(23)37)13-11-22-8-9-24(40-4)25(18-22)41-5/h8-10,18,23H,7,11-17,19-21H2,1-6H3/t23-,32-/m1/s1. The molecule has 0 spiro atoms. The minimum Gasteiger partial charge on any atom is -0.493 e. The van der Waals surface area contributed by atoms with Crippen LogP contribution in [0.25, 0.3) is 0 Å². The molecule has 0 aromatic heterocycles. The lowest BCUT2D eigenvalue weighted by molar-refractivity contribution is -0.163. The molecule has 11 heteroatoms. The van der Waals surface area contributed by atoms with Gasteiger partial charge in [-0.25, -0.2) is 4.79 Å². The van der Waals surface area contributed by atoms with Gasteiger partial charge in [0, 0.05) is 50.8 Å². The number of benzene rings is 1. The van der Waals surface area contributed by atoms with E-state index in [0.717, 1.165) is 12.0 Å². The lowest BCUT2D eigenvalue weighted by Crippen LogP contribution is -2.57. The van der Waals surface area contributed by atoms with Gasteiger partial charge in [0.1, 0.15) is 5.41 Å². The molecular weight excluding hydrogens is 554 g/mol. The molecule has 0 bridgehead atoms. The van der Waals surface area contributed by atoms with Crippen molar-refractivity contribution in [3.63, 3.8) is 0 Å². The van der Waals surface area contributed by atoms with E-state index in [1.54, 1.807) is 35.8 Å². The quantitative estimate of drug-likeness (QED) is 0.395. The lowest BCUT2D eigenvalue weighted by atomic mass is 9.59. The number of piperazine rings is 1. The Bertz CT molecular complexity index is 1250. The topological polar surface area (TPSA) is 115 Å². The minimum atomic E-state index is -1.03. The molecule has 1 aromatic rings. The highest BCUT2D eigenvalue weighted by Gasteiger charge is 2.57. The van der Waals surface area contributed by atoms with Crippen LogP contribution in [0.4, 0.5) is 4.79 Å². The number of allylic oxidation sites excluding steroid dienone is 1. The fraction of sp³-hybridized carbons (Fsp3) is 0.625. The van der Waals surface area contributed by atoms with Crippen LogP contribution in [-0.2, 0) is 30.3 Å². The Morgan fingerprint density at radius 1 is 0.977 bits per heavy atom. The van der Waals surface area contributed by atoms with E-state index in [4.69, 9.17) is 18.9 Å². The van der Waals surface area contributed by atoms with E-state index in [9.17, 15) is 19.2 Å². The fourth-order valence-corrected chi connectivity index (χ4v) is 6.76. The van der Waals surface area contributed by atoms with E-state index < -0.39 is 11.3 Å². The summed E-state index contributed by atoms with van der Waals surface area (Å²) >= 11 is 0. The number of hydrogen-bond donors (Lipinski definition) is 0. The molecule has 1 aliphatic carbocycles. The van der Waals surface area contributed by atoms with Crippen LogP contribution >= 0.6 is 0 Å². The predicted molar refractivity (Wildman–Crippen MR) is 158 cm³/mol. The molecule has 2 saturated heterocycles. The van der Waals surface area contributed by atoms with Gasteiger partial charge in [-0.1, -0.05) is 26.0 Å². The Kier molecular flexibility index (Phi) is 9.92. The molecule has 3 amide bonds. The first kappa shape index (κ1) is 32.2. The predicted octanol–water partition coefficient (Wildman–Crippen LogP) is 3.65. The van der Waals surface area contributed by atoms with Crippen LogP contribution in [0, 0.1) is 16.7 Å². The molecule has 43 heavy (non-hydrogen) atoms. The molecule has 0 radical (unpaired) electrons. The highest BCUT2D eigenvalue weighted by molar-refractivity contribution is 5.92. The van der Waals surface area contributed by atoms with Gasteiger partial charge in [0.25, 0.3) is 0 Å². The zero-order chi connectivity index (χ0) is 31.4. The van der Waals surface area contributed by atoms with Gasteiger partial charge in [-0.15, -0.1) is 0 Å². The maximum atomic E-state index is 14.1. The molecule has 0 N–H and O–H groups in total. The summed E-state index contributed by atoms with van der Waals surface area (Å²) in [5.41, 5.74) is 0.403. The zero-order valence-electron chi connectivity index (χ0n) is 26.3. The highest BCUT2D eigenvalue weighted by Crippen LogP contribution is 2.54. The lowest BCUT2D eigenvalue weighted by Gasteiger charge is -2.51. The van der Waals surface area contributed by atoms with E-state index >= 15 is 0 Å². The van der Waals surface area contributed by atoms with Crippen LogP contribution in [0.2, 0.25) is 0 Å². The number of ether oxygens (including phenoxy) is 4. The Morgan fingerprint density at radius 3 is 2.28 bits per heavy atom. The smallest absolute Gasteiger partial charge is 0.409 e. The summed E-state index contributed by atoms with van der Waals surface area (Å²) in [6.45, 7) is 8.06. The molecule has 0 saturated carbocycles. The molecule has 2 fully saturated rings. The minimum absolute atomic E-state index is 0.0163. The average Bonchev–Trinajstić information content (AvgIpc) is 3.00. The number of likely N-dealkylation sites (tertiary alicyclic amines) is 1. The van der Waals surface area contributed by atoms with E-state index in [-0.39, 0.29) is 42.1 Å².